The first-order valence-electron chi connectivity index (χ1n) is 6.89. The van der Waals surface area contributed by atoms with E-state index in [1.165, 1.54) is 5.56 Å². The van der Waals surface area contributed by atoms with Crippen molar-refractivity contribution in [3.63, 3.8) is 0 Å². The predicted molar refractivity (Wildman–Crippen MR) is 77.2 cm³/mol. The minimum Gasteiger partial charge on any atom is -0.487 e. The molecule has 0 radical (unpaired) electrons. The minimum absolute atomic E-state index is 0.0595. The van der Waals surface area contributed by atoms with Gasteiger partial charge in [-0.25, -0.2) is 8.78 Å². The van der Waals surface area contributed by atoms with Gasteiger partial charge in [0.25, 0.3) is 0 Å². The lowest BCUT2D eigenvalue weighted by molar-refractivity contribution is 0.0463. The van der Waals surface area contributed by atoms with Crippen LogP contribution in [0.3, 0.4) is 0 Å². The molecule has 2 rings (SSSR count). The highest BCUT2D eigenvalue weighted by Crippen LogP contribution is 2.23. The topological polar surface area (TPSA) is 29.5 Å². The highest BCUT2D eigenvalue weighted by molar-refractivity contribution is 5.27. The summed E-state index contributed by atoms with van der Waals surface area (Å²) in [5.41, 5.74) is 1.88. The third kappa shape index (κ3) is 4.02. The lowest BCUT2D eigenvalue weighted by Gasteiger charge is -2.21. The van der Waals surface area contributed by atoms with E-state index in [0.29, 0.717) is 5.56 Å². The van der Waals surface area contributed by atoms with Crippen molar-refractivity contribution in [2.75, 3.05) is 0 Å². The van der Waals surface area contributed by atoms with Crippen LogP contribution in [-0.4, -0.2) is 11.2 Å². The molecule has 1 N–H and O–H groups in total. The van der Waals surface area contributed by atoms with E-state index in [1.54, 1.807) is 6.92 Å². The lowest BCUT2D eigenvalue weighted by Crippen LogP contribution is -2.21. The summed E-state index contributed by atoms with van der Waals surface area (Å²) in [5, 5.41) is 10.2. The second-order valence-electron chi connectivity index (χ2n) is 4.97. The quantitative estimate of drug-likeness (QED) is 0.901. The average molecular weight is 292 g/mol. The van der Waals surface area contributed by atoms with Gasteiger partial charge in [0.1, 0.15) is 29.6 Å². The third-order valence-electron chi connectivity index (χ3n) is 3.33. The molecule has 0 saturated heterocycles. The second kappa shape index (κ2) is 6.68. The molecule has 2 unspecified atom stereocenters. The highest BCUT2D eigenvalue weighted by atomic mass is 19.1. The van der Waals surface area contributed by atoms with E-state index >= 15 is 0 Å². The van der Waals surface area contributed by atoms with Crippen LogP contribution in [0.1, 0.15) is 31.1 Å². The molecular weight excluding hydrogens is 274 g/mol. The summed E-state index contributed by atoms with van der Waals surface area (Å²) in [5.74, 6) is -1.36. The van der Waals surface area contributed by atoms with Crippen molar-refractivity contribution >= 4 is 0 Å². The minimum atomic E-state index is -0.873. The number of hydrogen-bond donors (Lipinski definition) is 1. The predicted octanol–water partition coefficient (Wildman–Crippen LogP) is 4.03. The molecule has 21 heavy (non-hydrogen) atoms. The zero-order valence-electron chi connectivity index (χ0n) is 12.0. The van der Waals surface area contributed by atoms with Gasteiger partial charge in [-0.3, -0.25) is 0 Å². The normalized spacial score (nSPS) is 13.8. The van der Waals surface area contributed by atoms with E-state index in [2.05, 4.69) is 6.92 Å². The number of halogens is 2. The Morgan fingerprint density at radius 2 is 1.62 bits per heavy atom. The molecule has 0 aliphatic rings. The van der Waals surface area contributed by atoms with E-state index in [1.807, 2.05) is 24.3 Å². The number of hydrogen-bond acceptors (Lipinski definition) is 2. The summed E-state index contributed by atoms with van der Waals surface area (Å²) in [6, 6.07) is 10.5. The smallest absolute Gasteiger partial charge is 0.129 e. The molecule has 0 aromatic heterocycles. The van der Waals surface area contributed by atoms with E-state index in [4.69, 9.17) is 4.74 Å². The van der Waals surface area contributed by atoms with Crippen LogP contribution >= 0.6 is 0 Å². The number of aryl methyl sites for hydroxylation is 1. The van der Waals surface area contributed by atoms with Crippen molar-refractivity contribution < 1.29 is 18.6 Å². The van der Waals surface area contributed by atoms with Crippen molar-refractivity contribution in [3.8, 4) is 5.75 Å². The molecule has 0 fully saturated rings. The van der Waals surface area contributed by atoms with Crippen LogP contribution in [0.2, 0.25) is 0 Å². The van der Waals surface area contributed by atoms with Crippen molar-refractivity contribution in [1.29, 1.82) is 0 Å². The fourth-order valence-corrected chi connectivity index (χ4v) is 2.10. The van der Waals surface area contributed by atoms with Gasteiger partial charge >= 0.3 is 0 Å². The number of ether oxygens (including phenoxy) is 1. The van der Waals surface area contributed by atoms with Gasteiger partial charge in [0.15, 0.2) is 0 Å². The maximum Gasteiger partial charge on any atom is 0.129 e. The molecule has 0 amide bonds. The Kier molecular flexibility index (Phi) is 4.91. The first-order valence-corrected chi connectivity index (χ1v) is 6.89. The zero-order chi connectivity index (χ0) is 15.4. The molecule has 2 nitrogen and oxygen atoms in total. The molecule has 4 heteroatoms. The summed E-state index contributed by atoms with van der Waals surface area (Å²) < 4.78 is 31.6. The van der Waals surface area contributed by atoms with Gasteiger partial charge in [-0.2, -0.15) is 0 Å². The first kappa shape index (κ1) is 15.4. The van der Waals surface area contributed by atoms with Gasteiger partial charge in [0, 0.05) is 18.2 Å². The second-order valence-corrected chi connectivity index (χ2v) is 4.97. The molecule has 0 heterocycles. The Balaban J connectivity index is 2.09. The van der Waals surface area contributed by atoms with Gasteiger partial charge in [0.05, 0.1) is 0 Å². The molecule has 2 atom stereocenters. The molecule has 2 aromatic rings. The summed E-state index contributed by atoms with van der Waals surface area (Å²) in [4.78, 5) is 0. The van der Waals surface area contributed by atoms with E-state index < -0.39 is 23.8 Å². The summed E-state index contributed by atoms with van der Waals surface area (Å²) in [6.45, 7) is 3.71. The van der Waals surface area contributed by atoms with Crippen LogP contribution in [0.15, 0.2) is 42.5 Å². The lowest BCUT2D eigenvalue weighted by atomic mass is 10.0. The average Bonchev–Trinajstić information content (AvgIpc) is 2.45. The van der Waals surface area contributed by atoms with Gasteiger partial charge in [-0.05, 0) is 24.5 Å². The van der Waals surface area contributed by atoms with Gasteiger partial charge in [-0.1, -0.05) is 31.2 Å². The van der Waals surface area contributed by atoms with Gasteiger partial charge < -0.3 is 9.84 Å². The van der Waals surface area contributed by atoms with Crippen LogP contribution in [0.25, 0.3) is 0 Å². The van der Waals surface area contributed by atoms with Crippen molar-refractivity contribution in [2.24, 2.45) is 0 Å². The number of aliphatic hydroxyl groups is 1. The van der Waals surface area contributed by atoms with E-state index in [9.17, 15) is 13.9 Å². The SMILES string of the molecule is CCc1ccc(C(O)C(C)Oc2cc(F)cc(F)c2)cc1. The first-order chi connectivity index (χ1) is 9.99. The molecule has 2 aromatic carbocycles. The number of benzene rings is 2. The molecule has 112 valence electrons. The molecular formula is C17H18F2O2. The van der Waals surface area contributed by atoms with Gasteiger partial charge in [-0.15, -0.1) is 0 Å². The molecule has 0 aliphatic carbocycles. The van der Waals surface area contributed by atoms with Crippen LogP contribution < -0.4 is 4.74 Å². The maximum absolute atomic E-state index is 13.1. The molecule has 0 bridgehead atoms. The fraction of sp³-hybridized carbons (Fsp3) is 0.294. The van der Waals surface area contributed by atoms with E-state index in [-0.39, 0.29) is 5.75 Å². The summed E-state index contributed by atoms with van der Waals surface area (Å²) in [7, 11) is 0. The Labute approximate surface area is 123 Å². The fourth-order valence-electron chi connectivity index (χ4n) is 2.10. The monoisotopic (exact) mass is 292 g/mol. The Hall–Kier alpha value is -1.94. The van der Waals surface area contributed by atoms with Crippen molar-refractivity contribution in [1.82, 2.24) is 0 Å². The van der Waals surface area contributed by atoms with Crippen LogP contribution in [-0.2, 0) is 6.42 Å². The summed E-state index contributed by atoms with van der Waals surface area (Å²) >= 11 is 0. The Morgan fingerprint density at radius 3 is 2.14 bits per heavy atom. The molecule has 0 saturated carbocycles. The van der Waals surface area contributed by atoms with Gasteiger partial charge in [0.2, 0.25) is 0 Å². The molecule has 0 aliphatic heterocycles. The van der Waals surface area contributed by atoms with Crippen molar-refractivity contribution in [3.05, 3.63) is 65.2 Å². The third-order valence-corrected chi connectivity index (χ3v) is 3.33. The largest absolute Gasteiger partial charge is 0.487 e. The Morgan fingerprint density at radius 1 is 1.05 bits per heavy atom. The highest BCUT2D eigenvalue weighted by Gasteiger charge is 2.18. The van der Waals surface area contributed by atoms with E-state index in [0.717, 1.165) is 24.6 Å². The van der Waals surface area contributed by atoms with Crippen LogP contribution in [0.4, 0.5) is 8.78 Å². The Bertz CT molecular complexity index is 576. The van der Waals surface area contributed by atoms with Crippen LogP contribution in [0, 0.1) is 11.6 Å². The maximum atomic E-state index is 13.1. The number of aliphatic hydroxyl groups excluding tert-OH is 1. The van der Waals surface area contributed by atoms with Crippen LogP contribution in [0.5, 0.6) is 5.75 Å². The number of rotatable bonds is 5. The summed E-state index contributed by atoms with van der Waals surface area (Å²) in [6.07, 6.45) is -0.578. The zero-order valence-corrected chi connectivity index (χ0v) is 12.0. The van der Waals surface area contributed by atoms with Crippen molar-refractivity contribution in [2.45, 2.75) is 32.5 Å². The molecule has 0 spiro atoms. The standard InChI is InChI=1S/C17H18F2O2/c1-3-12-4-6-13(7-5-12)17(20)11(2)21-16-9-14(18)8-15(19)10-16/h4-11,17,20H,3H2,1-2H3.